The van der Waals surface area contributed by atoms with Gasteiger partial charge in [0, 0.05) is 30.3 Å². The van der Waals surface area contributed by atoms with Crippen molar-refractivity contribution >= 4 is 35.1 Å². The third-order valence-corrected chi connectivity index (χ3v) is 6.21. The number of carbonyl (C=O) groups is 3. The Morgan fingerprint density at radius 1 is 1.13 bits per heavy atom. The van der Waals surface area contributed by atoms with E-state index in [4.69, 9.17) is 16.3 Å². The molecule has 2 heterocycles. The number of rotatable bonds is 6. The largest absolute Gasteiger partial charge is 0.416 e. The van der Waals surface area contributed by atoms with Crippen LogP contribution < -0.4 is 16.0 Å². The number of benzene rings is 2. The molecule has 2 aromatic carbocycles. The van der Waals surface area contributed by atoms with Crippen LogP contribution in [0.15, 0.2) is 36.4 Å². The number of hydrogen-bond acceptors (Lipinski definition) is 5. The van der Waals surface area contributed by atoms with Crippen molar-refractivity contribution in [3.8, 4) is 0 Å². The van der Waals surface area contributed by atoms with Gasteiger partial charge < -0.3 is 25.3 Å². The van der Waals surface area contributed by atoms with Gasteiger partial charge in [0.2, 0.25) is 11.7 Å². The molecule has 0 fully saturated rings. The molecule has 1 aliphatic heterocycles. The minimum atomic E-state index is -4.94. The number of aromatic nitrogens is 2. The van der Waals surface area contributed by atoms with E-state index in [1.54, 1.807) is 0 Å². The van der Waals surface area contributed by atoms with Crippen LogP contribution in [0.2, 0.25) is 5.02 Å². The van der Waals surface area contributed by atoms with E-state index in [1.165, 1.54) is 20.2 Å². The summed E-state index contributed by atoms with van der Waals surface area (Å²) in [6.45, 7) is -0.255. The minimum absolute atomic E-state index is 0.0124. The van der Waals surface area contributed by atoms with Gasteiger partial charge in [-0.15, -0.1) is 0 Å². The number of carbonyl (C=O) groups excluding carboxylic acids is 3. The number of alkyl halides is 3. The molecule has 0 radical (unpaired) electrons. The molecule has 0 aliphatic carbocycles. The zero-order valence-corrected chi connectivity index (χ0v) is 20.9. The molecule has 15 heteroatoms. The second-order valence-electron chi connectivity index (χ2n) is 8.38. The van der Waals surface area contributed by atoms with Gasteiger partial charge >= 0.3 is 6.18 Å². The number of anilines is 1. The molecule has 2 atom stereocenters. The first-order valence-corrected chi connectivity index (χ1v) is 11.5. The van der Waals surface area contributed by atoms with E-state index in [9.17, 15) is 36.3 Å². The maximum atomic E-state index is 14.2. The van der Waals surface area contributed by atoms with Crippen LogP contribution in [0.3, 0.4) is 0 Å². The Labute approximate surface area is 222 Å². The Kier molecular flexibility index (Phi) is 7.61. The van der Waals surface area contributed by atoms with Gasteiger partial charge in [-0.1, -0.05) is 11.6 Å². The molecule has 0 bridgehead atoms. The highest BCUT2D eigenvalue weighted by Crippen LogP contribution is 2.39. The number of fused-ring (bicyclic) bond motifs is 1. The highest BCUT2D eigenvalue weighted by molar-refractivity contribution is 6.31. The summed E-state index contributed by atoms with van der Waals surface area (Å²) in [5.74, 6) is -5.42. The number of methoxy groups -OCH3 is 1. The van der Waals surface area contributed by atoms with Crippen molar-refractivity contribution in [2.24, 2.45) is 0 Å². The van der Waals surface area contributed by atoms with Crippen LogP contribution in [0.25, 0.3) is 0 Å². The Balaban J connectivity index is 1.91. The molecular formula is C24H19ClF5N5O4. The Hall–Kier alpha value is -4.04. The summed E-state index contributed by atoms with van der Waals surface area (Å²) >= 11 is 6.28. The third-order valence-electron chi connectivity index (χ3n) is 5.87. The first-order valence-electron chi connectivity index (χ1n) is 11.1. The molecule has 3 aromatic rings. The quantitative estimate of drug-likeness (QED) is 0.389. The monoisotopic (exact) mass is 571 g/mol. The summed E-state index contributed by atoms with van der Waals surface area (Å²) in [5.41, 5.74) is -2.11. The Bertz CT molecular complexity index is 1480. The number of ether oxygens (including phenoxy) is 1. The first-order chi connectivity index (χ1) is 18.3. The molecule has 1 aliphatic rings. The lowest BCUT2D eigenvalue weighted by atomic mass is 9.99. The number of hydrogen-bond donors (Lipinski definition) is 3. The molecule has 39 heavy (non-hydrogen) atoms. The second kappa shape index (κ2) is 10.6. The first kappa shape index (κ1) is 28.0. The maximum Gasteiger partial charge on any atom is 0.416 e. The standard InChI is InChI=1S/C24H19ClF5N5O4/c1-31-23(38)20-33-19(34-21(36)10-5-11(24(28,29)30)7-13(27)6-10)18-17(14-8-12(26)3-4-15(14)25)32-22(37)16(9-39-2)35(18)20/h3-8,16-17H,9H2,1-2H3,(H,31,38)(H,32,37)(H,34,36)/t16-,17+/m1/s1. The molecule has 0 saturated heterocycles. The minimum Gasteiger partial charge on any atom is -0.382 e. The Morgan fingerprint density at radius 2 is 1.85 bits per heavy atom. The molecule has 1 aromatic heterocycles. The summed E-state index contributed by atoms with van der Waals surface area (Å²) in [7, 11) is 2.58. The van der Waals surface area contributed by atoms with E-state index in [2.05, 4.69) is 20.9 Å². The number of amides is 3. The van der Waals surface area contributed by atoms with Gasteiger partial charge in [-0.25, -0.2) is 13.8 Å². The van der Waals surface area contributed by atoms with Crippen molar-refractivity contribution < 1.29 is 41.1 Å². The zero-order chi connectivity index (χ0) is 28.6. The average Bonchev–Trinajstić information content (AvgIpc) is 3.24. The smallest absolute Gasteiger partial charge is 0.382 e. The molecule has 0 spiro atoms. The van der Waals surface area contributed by atoms with Crippen molar-refractivity contribution in [3.05, 3.63) is 81.3 Å². The molecule has 206 valence electrons. The van der Waals surface area contributed by atoms with Crippen LogP contribution in [0.1, 0.15) is 49.9 Å². The summed E-state index contributed by atoms with van der Waals surface area (Å²) in [6, 6.07) is 2.12. The van der Waals surface area contributed by atoms with Crippen molar-refractivity contribution in [1.29, 1.82) is 0 Å². The average molecular weight is 572 g/mol. The molecule has 3 N–H and O–H groups in total. The highest BCUT2D eigenvalue weighted by atomic mass is 35.5. The molecule has 4 rings (SSSR count). The van der Waals surface area contributed by atoms with Crippen molar-refractivity contribution in [2.45, 2.75) is 18.3 Å². The van der Waals surface area contributed by atoms with Crippen LogP contribution >= 0.6 is 11.6 Å². The molecular weight excluding hydrogens is 553 g/mol. The SMILES string of the molecule is CNC(=O)c1nc(NC(=O)c2cc(F)cc(C(F)(F)F)c2)c2n1[C@H](COC)C(=O)N[C@H]2c1cc(F)ccc1Cl. The molecule has 0 unspecified atom stereocenters. The van der Waals surface area contributed by atoms with Crippen LogP contribution in [0.4, 0.5) is 27.8 Å². The van der Waals surface area contributed by atoms with Crippen LogP contribution in [0.5, 0.6) is 0 Å². The fourth-order valence-corrected chi connectivity index (χ4v) is 4.38. The number of imidazole rings is 1. The van der Waals surface area contributed by atoms with Gasteiger partial charge in [0.25, 0.3) is 11.8 Å². The molecule has 0 saturated carbocycles. The van der Waals surface area contributed by atoms with Gasteiger partial charge in [0.15, 0.2) is 5.82 Å². The van der Waals surface area contributed by atoms with E-state index in [1.807, 2.05) is 0 Å². The fourth-order valence-electron chi connectivity index (χ4n) is 4.16. The Morgan fingerprint density at radius 3 is 2.49 bits per heavy atom. The maximum absolute atomic E-state index is 14.2. The van der Waals surface area contributed by atoms with Crippen molar-refractivity contribution in [2.75, 3.05) is 26.1 Å². The lowest BCUT2D eigenvalue weighted by Gasteiger charge is -2.33. The summed E-state index contributed by atoms with van der Waals surface area (Å²) < 4.78 is 74.0. The molecule has 9 nitrogen and oxygen atoms in total. The lowest BCUT2D eigenvalue weighted by molar-refractivity contribution is -0.137. The van der Waals surface area contributed by atoms with E-state index < -0.39 is 58.7 Å². The van der Waals surface area contributed by atoms with Crippen LogP contribution in [-0.4, -0.2) is 48.0 Å². The summed E-state index contributed by atoms with van der Waals surface area (Å²) in [5, 5.41) is 7.28. The van der Waals surface area contributed by atoms with Gasteiger partial charge in [-0.3, -0.25) is 14.4 Å². The van der Waals surface area contributed by atoms with E-state index in [0.29, 0.717) is 12.1 Å². The molecule has 3 amide bonds. The van der Waals surface area contributed by atoms with Gasteiger partial charge in [0.05, 0.1) is 23.9 Å². The topological polar surface area (TPSA) is 114 Å². The van der Waals surface area contributed by atoms with Crippen molar-refractivity contribution in [1.82, 2.24) is 20.2 Å². The van der Waals surface area contributed by atoms with E-state index in [-0.39, 0.29) is 40.6 Å². The number of nitrogens with zero attached hydrogens (tertiary/aromatic N) is 2. The van der Waals surface area contributed by atoms with Crippen molar-refractivity contribution in [3.63, 3.8) is 0 Å². The lowest BCUT2D eigenvalue weighted by Crippen LogP contribution is -2.46. The number of halogens is 6. The van der Waals surface area contributed by atoms with Crippen LogP contribution in [0, 0.1) is 11.6 Å². The third kappa shape index (κ3) is 5.43. The van der Waals surface area contributed by atoms with E-state index >= 15 is 0 Å². The van der Waals surface area contributed by atoms with Gasteiger partial charge in [0.1, 0.15) is 17.7 Å². The number of nitrogens with one attached hydrogen (secondary N) is 3. The van der Waals surface area contributed by atoms with Gasteiger partial charge in [-0.05, 0) is 36.4 Å². The summed E-state index contributed by atoms with van der Waals surface area (Å²) in [6.07, 6.45) is -4.94. The van der Waals surface area contributed by atoms with E-state index in [0.717, 1.165) is 16.7 Å². The fraction of sp³-hybridized carbons (Fsp3) is 0.250. The second-order valence-corrected chi connectivity index (χ2v) is 8.78. The predicted octanol–water partition coefficient (Wildman–Crippen LogP) is 3.85. The normalized spacial score (nSPS) is 16.9. The highest BCUT2D eigenvalue weighted by Gasteiger charge is 2.41. The van der Waals surface area contributed by atoms with Crippen LogP contribution in [-0.2, 0) is 15.7 Å². The predicted molar refractivity (Wildman–Crippen MR) is 127 cm³/mol. The summed E-state index contributed by atoms with van der Waals surface area (Å²) in [4.78, 5) is 43.0. The zero-order valence-electron chi connectivity index (χ0n) is 20.1. The van der Waals surface area contributed by atoms with Gasteiger partial charge in [-0.2, -0.15) is 13.2 Å².